The van der Waals surface area contributed by atoms with Gasteiger partial charge in [0.25, 0.3) is 0 Å². The van der Waals surface area contributed by atoms with Crippen molar-refractivity contribution >= 4 is 28.4 Å². The summed E-state index contributed by atoms with van der Waals surface area (Å²) in [7, 11) is 0. The highest BCUT2D eigenvalue weighted by Crippen LogP contribution is 2.29. The molecule has 5 nitrogen and oxygen atoms in total. The highest BCUT2D eigenvalue weighted by Gasteiger charge is 2.15. The van der Waals surface area contributed by atoms with Gasteiger partial charge in [0, 0.05) is 10.9 Å². The van der Waals surface area contributed by atoms with Crippen LogP contribution in [-0.4, -0.2) is 25.0 Å². The van der Waals surface area contributed by atoms with Gasteiger partial charge >= 0.3 is 5.97 Å². The van der Waals surface area contributed by atoms with Crippen molar-refractivity contribution in [2.24, 2.45) is 0 Å². The molecule has 0 aliphatic heterocycles. The van der Waals surface area contributed by atoms with E-state index in [0.717, 1.165) is 0 Å². The van der Waals surface area contributed by atoms with E-state index in [1.807, 2.05) is 0 Å². The van der Waals surface area contributed by atoms with Crippen LogP contribution in [0.5, 0.6) is 0 Å². The lowest BCUT2D eigenvalue weighted by molar-refractivity contribution is -0.137. The van der Waals surface area contributed by atoms with Crippen LogP contribution >= 0.6 is 11.5 Å². The second kappa shape index (κ2) is 4.43. The van der Waals surface area contributed by atoms with E-state index in [2.05, 4.69) is 9.36 Å². The maximum atomic E-state index is 13.2. The summed E-state index contributed by atoms with van der Waals surface area (Å²) in [6.45, 7) is -0.204. The molecule has 19 heavy (non-hydrogen) atoms. The molecule has 0 radical (unpaired) electrons. The number of hydrogen-bond acceptors (Lipinski definition) is 4. The van der Waals surface area contributed by atoms with Crippen LogP contribution in [0, 0.1) is 5.82 Å². The number of rotatable bonds is 3. The third-order valence-corrected chi connectivity index (χ3v) is 3.42. The summed E-state index contributed by atoms with van der Waals surface area (Å²) in [6.07, 6.45) is 1.41. The molecule has 0 spiro atoms. The second-order valence-corrected chi connectivity index (χ2v) is 4.74. The summed E-state index contributed by atoms with van der Waals surface area (Å²) in [6, 6.07) is 5.97. The highest BCUT2D eigenvalue weighted by molar-refractivity contribution is 7.09. The number of carboxylic acids is 1. The largest absolute Gasteiger partial charge is 0.480 e. The minimum Gasteiger partial charge on any atom is -0.480 e. The number of hydrogen-bond donors (Lipinski definition) is 1. The van der Waals surface area contributed by atoms with Crippen LogP contribution in [0.3, 0.4) is 0 Å². The third-order valence-electron chi connectivity index (χ3n) is 2.74. The number of carboxylic acid groups (broad SMARTS) is 1. The van der Waals surface area contributed by atoms with Crippen molar-refractivity contribution in [3.63, 3.8) is 0 Å². The Bertz CT molecular complexity index is 752. The monoisotopic (exact) mass is 277 g/mol. The maximum Gasteiger partial charge on any atom is 0.323 e. The first-order chi connectivity index (χ1) is 9.15. The van der Waals surface area contributed by atoms with Crippen molar-refractivity contribution in [1.29, 1.82) is 0 Å². The number of carbonyl (C=O) groups is 1. The topological polar surface area (TPSA) is 68.0 Å². The Labute approximate surface area is 111 Å². The van der Waals surface area contributed by atoms with Gasteiger partial charge in [0.2, 0.25) is 0 Å². The summed E-state index contributed by atoms with van der Waals surface area (Å²) in [5.74, 6) is -1.32. The molecule has 0 fully saturated rings. The molecule has 3 rings (SSSR count). The molecule has 0 bridgehead atoms. The number of aromatic nitrogens is 3. The van der Waals surface area contributed by atoms with Crippen molar-refractivity contribution in [1.82, 2.24) is 13.9 Å². The van der Waals surface area contributed by atoms with Gasteiger partial charge in [-0.25, -0.2) is 9.37 Å². The zero-order chi connectivity index (χ0) is 13.4. The highest BCUT2D eigenvalue weighted by atomic mass is 32.1. The number of benzene rings is 1. The average Bonchev–Trinajstić information content (AvgIpc) is 2.96. The Hall–Kier alpha value is -2.28. The summed E-state index contributed by atoms with van der Waals surface area (Å²) in [5.41, 5.74) is 1.29. The molecule has 1 aromatic carbocycles. The molecule has 0 atom stereocenters. The Kier molecular flexibility index (Phi) is 2.75. The molecule has 96 valence electrons. The fourth-order valence-corrected chi connectivity index (χ4v) is 2.56. The van der Waals surface area contributed by atoms with E-state index in [9.17, 15) is 9.18 Å². The second-order valence-electron chi connectivity index (χ2n) is 3.96. The summed E-state index contributed by atoms with van der Waals surface area (Å²) in [5, 5.41) is 10.2. The van der Waals surface area contributed by atoms with Gasteiger partial charge < -0.3 is 9.67 Å². The van der Waals surface area contributed by atoms with Gasteiger partial charge in [0.05, 0.1) is 5.69 Å². The minimum atomic E-state index is -0.965. The normalized spacial score (nSPS) is 11.0. The van der Waals surface area contributed by atoms with E-state index in [4.69, 9.17) is 5.11 Å². The van der Waals surface area contributed by atoms with Crippen molar-refractivity contribution in [3.05, 3.63) is 36.4 Å². The lowest BCUT2D eigenvalue weighted by atomic mass is 10.2. The molecule has 2 heterocycles. The first kappa shape index (κ1) is 11.8. The number of fused-ring (bicyclic) bond motifs is 1. The van der Waals surface area contributed by atoms with Gasteiger partial charge in [-0.15, -0.1) is 0 Å². The molecule has 0 saturated heterocycles. The van der Waals surface area contributed by atoms with Crippen LogP contribution in [0.4, 0.5) is 4.39 Å². The molecule has 0 aliphatic rings. The maximum absolute atomic E-state index is 13.2. The van der Waals surface area contributed by atoms with E-state index in [-0.39, 0.29) is 12.4 Å². The van der Waals surface area contributed by atoms with E-state index < -0.39 is 5.97 Å². The zero-order valence-corrected chi connectivity index (χ0v) is 10.4. The summed E-state index contributed by atoms with van der Waals surface area (Å²) >= 11 is 1.17. The summed E-state index contributed by atoms with van der Waals surface area (Å²) < 4.78 is 18.7. The van der Waals surface area contributed by atoms with Crippen LogP contribution in [0.2, 0.25) is 0 Å². The molecular weight excluding hydrogens is 269 g/mol. The lowest BCUT2D eigenvalue weighted by Gasteiger charge is -2.05. The van der Waals surface area contributed by atoms with Crippen LogP contribution in [0.25, 0.3) is 21.6 Å². The molecule has 0 saturated carbocycles. The predicted octanol–water partition coefficient (Wildman–Crippen LogP) is 2.38. The van der Waals surface area contributed by atoms with Gasteiger partial charge in [-0.2, -0.15) is 4.37 Å². The number of nitrogens with zero attached hydrogens (tertiary/aromatic N) is 3. The Morgan fingerprint density at radius 1 is 1.42 bits per heavy atom. The van der Waals surface area contributed by atoms with E-state index in [1.165, 1.54) is 30.0 Å². The molecule has 3 aromatic rings. The Morgan fingerprint density at radius 2 is 2.26 bits per heavy atom. The van der Waals surface area contributed by atoms with Crippen molar-refractivity contribution in [3.8, 4) is 10.7 Å². The predicted molar refractivity (Wildman–Crippen MR) is 68.4 cm³/mol. The minimum absolute atomic E-state index is 0.204. The van der Waals surface area contributed by atoms with Crippen LogP contribution < -0.4 is 0 Å². The average molecular weight is 277 g/mol. The quantitative estimate of drug-likeness (QED) is 0.798. The molecule has 1 N–H and O–H groups in total. The summed E-state index contributed by atoms with van der Waals surface area (Å²) in [4.78, 5) is 15.0. The van der Waals surface area contributed by atoms with E-state index >= 15 is 0 Å². The van der Waals surface area contributed by atoms with Crippen molar-refractivity contribution in [2.75, 3.05) is 0 Å². The Balaban J connectivity index is 2.27. The smallest absolute Gasteiger partial charge is 0.323 e. The van der Waals surface area contributed by atoms with E-state index in [1.54, 1.807) is 16.7 Å². The SMILES string of the molecule is O=C(O)Cn1c(-c2ncns2)cc2cc(F)ccc21. The van der Waals surface area contributed by atoms with Crippen LogP contribution in [0.15, 0.2) is 30.6 Å². The zero-order valence-electron chi connectivity index (χ0n) is 9.58. The number of aliphatic carboxylic acids is 1. The first-order valence-electron chi connectivity index (χ1n) is 5.43. The van der Waals surface area contributed by atoms with Crippen LogP contribution in [0.1, 0.15) is 0 Å². The molecule has 0 aliphatic carbocycles. The van der Waals surface area contributed by atoms with E-state index in [0.29, 0.717) is 21.6 Å². The van der Waals surface area contributed by atoms with Gasteiger partial charge in [0.15, 0.2) is 5.01 Å². The fourth-order valence-electron chi connectivity index (χ4n) is 2.01. The van der Waals surface area contributed by atoms with Crippen LogP contribution in [-0.2, 0) is 11.3 Å². The molecular formula is C12H8FN3O2S. The first-order valence-corrected chi connectivity index (χ1v) is 6.20. The molecule has 0 unspecified atom stereocenters. The van der Waals surface area contributed by atoms with Gasteiger partial charge in [-0.05, 0) is 35.8 Å². The lowest BCUT2D eigenvalue weighted by Crippen LogP contribution is -2.09. The third kappa shape index (κ3) is 2.08. The van der Waals surface area contributed by atoms with Crippen molar-refractivity contribution < 1.29 is 14.3 Å². The fraction of sp³-hybridized carbons (Fsp3) is 0.0833. The molecule has 7 heteroatoms. The van der Waals surface area contributed by atoms with Gasteiger partial charge in [0.1, 0.15) is 18.7 Å². The molecule has 0 amide bonds. The Morgan fingerprint density at radius 3 is 2.95 bits per heavy atom. The standard InChI is InChI=1S/C12H8FN3O2S/c13-8-1-2-9-7(3-8)4-10(12-14-6-15-19-12)16(9)5-11(17)18/h1-4,6H,5H2,(H,17,18). The van der Waals surface area contributed by atoms with Gasteiger partial charge in [-0.3, -0.25) is 4.79 Å². The van der Waals surface area contributed by atoms with Crippen molar-refractivity contribution in [2.45, 2.75) is 6.54 Å². The number of halogens is 1. The van der Waals surface area contributed by atoms with Gasteiger partial charge in [-0.1, -0.05) is 0 Å². The molecule has 2 aromatic heterocycles.